The Labute approximate surface area is 127 Å². The van der Waals surface area contributed by atoms with Gasteiger partial charge in [0.15, 0.2) is 0 Å². The first-order chi connectivity index (χ1) is 10.2. The molecule has 1 aliphatic heterocycles. The van der Waals surface area contributed by atoms with Gasteiger partial charge in [0.1, 0.15) is 0 Å². The first kappa shape index (κ1) is 16.0. The van der Waals surface area contributed by atoms with Crippen molar-refractivity contribution < 1.29 is 9.53 Å². The van der Waals surface area contributed by atoms with Crippen molar-refractivity contribution >= 4 is 5.91 Å². The molecule has 1 saturated heterocycles. The fraction of sp³-hybridized carbons (Fsp3) is 0.588. The second kappa shape index (κ2) is 8.15. The molecule has 0 saturated carbocycles. The highest BCUT2D eigenvalue weighted by Crippen LogP contribution is 2.24. The van der Waals surface area contributed by atoms with Crippen LogP contribution in [0.15, 0.2) is 24.3 Å². The summed E-state index contributed by atoms with van der Waals surface area (Å²) in [6.45, 7) is 5.39. The smallest absolute Gasteiger partial charge is 0.223 e. The fourth-order valence-corrected chi connectivity index (χ4v) is 2.85. The van der Waals surface area contributed by atoms with Crippen molar-refractivity contribution in [3.63, 3.8) is 0 Å². The van der Waals surface area contributed by atoms with Crippen LogP contribution in [0.4, 0.5) is 0 Å². The summed E-state index contributed by atoms with van der Waals surface area (Å²) >= 11 is 0. The zero-order chi connectivity index (χ0) is 15.1. The van der Waals surface area contributed by atoms with Crippen molar-refractivity contribution in [2.75, 3.05) is 26.8 Å². The van der Waals surface area contributed by atoms with Gasteiger partial charge in [-0.1, -0.05) is 24.3 Å². The van der Waals surface area contributed by atoms with E-state index in [0.29, 0.717) is 18.4 Å². The molecule has 0 radical (unpaired) electrons. The van der Waals surface area contributed by atoms with Crippen molar-refractivity contribution in [2.24, 2.45) is 0 Å². The fourth-order valence-electron chi connectivity index (χ4n) is 2.85. The van der Waals surface area contributed by atoms with E-state index >= 15 is 0 Å². The number of carbonyl (C=O) groups excluding carboxylic acids is 1. The van der Waals surface area contributed by atoms with E-state index in [0.717, 1.165) is 39.1 Å². The molecule has 0 aliphatic carbocycles. The predicted octanol–water partition coefficient (Wildman–Crippen LogP) is 2.11. The summed E-state index contributed by atoms with van der Waals surface area (Å²) in [6.07, 6.45) is 2.69. The van der Waals surface area contributed by atoms with E-state index in [2.05, 4.69) is 29.3 Å². The molecule has 116 valence electrons. The third kappa shape index (κ3) is 4.55. The highest BCUT2D eigenvalue weighted by Gasteiger charge is 2.30. The Morgan fingerprint density at radius 3 is 2.90 bits per heavy atom. The molecule has 1 fully saturated rings. The molecule has 2 rings (SSSR count). The minimum atomic E-state index is 0.292. The number of nitrogens with zero attached hydrogens (tertiary/aromatic N) is 1. The monoisotopic (exact) mass is 290 g/mol. The second-order valence-electron chi connectivity index (χ2n) is 5.67. The topological polar surface area (TPSA) is 41.6 Å². The maximum Gasteiger partial charge on any atom is 0.223 e. The van der Waals surface area contributed by atoms with Crippen LogP contribution in [-0.4, -0.2) is 43.7 Å². The Kier molecular flexibility index (Phi) is 6.21. The van der Waals surface area contributed by atoms with Crippen molar-refractivity contribution in [3.8, 4) is 0 Å². The van der Waals surface area contributed by atoms with Crippen LogP contribution in [-0.2, 0) is 16.1 Å². The van der Waals surface area contributed by atoms with Crippen LogP contribution in [0.25, 0.3) is 0 Å². The Hall–Kier alpha value is -1.39. The molecule has 21 heavy (non-hydrogen) atoms. The highest BCUT2D eigenvalue weighted by atomic mass is 16.5. The first-order valence-corrected chi connectivity index (χ1v) is 7.76. The number of ether oxygens (including phenoxy) is 1. The van der Waals surface area contributed by atoms with Gasteiger partial charge in [0, 0.05) is 32.7 Å². The van der Waals surface area contributed by atoms with E-state index in [4.69, 9.17) is 4.74 Å². The number of aryl methyl sites for hydroxylation is 1. The van der Waals surface area contributed by atoms with Crippen LogP contribution in [0, 0.1) is 6.92 Å². The minimum Gasteiger partial charge on any atom is -0.383 e. The van der Waals surface area contributed by atoms with Crippen molar-refractivity contribution in [3.05, 3.63) is 35.4 Å². The SMILES string of the molecule is COCCNCC[C@H]1CCC(=O)N1Cc1ccccc1C. The third-order valence-electron chi connectivity index (χ3n) is 4.19. The lowest BCUT2D eigenvalue weighted by Gasteiger charge is -2.26. The van der Waals surface area contributed by atoms with E-state index in [1.165, 1.54) is 11.1 Å². The van der Waals surface area contributed by atoms with Gasteiger partial charge in [0.25, 0.3) is 0 Å². The lowest BCUT2D eigenvalue weighted by Crippen LogP contribution is -2.35. The summed E-state index contributed by atoms with van der Waals surface area (Å²) in [5.74, 6) is 0.292. The Balaban J connectivity index is 1.87. The van der Waals surface area contributed by atoms with Crippen molar-refractivity contribution in [1.29, 1.82) is 0 Å². The summed E-state index contributed by atoms with van der Waals surface area (Å²) in [5.41, 5.74) is 2.51. The Morgan fingerprint density at radius 1 is 1.33 bits per heavy atom. The van der Waals surface area contributed by atoms with E-state index in [9.17, 15) is 4.79 Å². The number of likely N-dealkylation sites (tertiary alicyclic amines) is 1. The van der Waals surface area contributed by atoms with Crippen molar-refractivity contribution in [1.82, 2.24) is 10.2 Å². The zero-order valence-corrected chi connectivity index (χ0v) is 13.1. The maximum atomic E-state index is 12.1. The lowest BCUT2D eigenvalue weighted by atomic mass is 10.1. The number of carbonyl (C=O) groups is 1. The highest BCUT2D eigenvalue weighted by molar-refractivity contribution is 5.78. The normalized spacial score (nSPS) is 18.5. The summed E-state index contributed by atoms with van der Waals surface area (Å²) in [7, 11) is 1.71. The van der Waals surface area contributed by atoms with Gasteiger partial charge in [-0.2, -0.15) is 0 Å². The quantitative estimate of drug-likeness (QED) is 0.746. The number of hydrogen-bond donors (Lipinski definition) is 1. The molecule has 0 bridgehead atoms. The molecule has 4 heteroatoms. The van der Waals surface area contributed by atoms with Crippen molar-refractivity contribution in [2.45, 2.75) is 38.8 Å². The average Bonchev–Trinajstić information content (AvgIpc) is 2.82. The lowest BCUT2D eigenvalue weighted by molar-refractivity contribution is -0.129. The number of methoxy groups -OCH3 is 1. The molecule has 0 aromatic heterocycles. The van der Waals surface area contributed by atoms with Gasteiger partial charge in [0.05, 0.1) is 6.61 Å². The van der Waals surface area contributed by atoms with Crippen LogP contribution in [0.5, 0.6) is 0 Å². The summed E-state index contributed by atoms with van der Waals surface area (Å²) in [5, 5.41) is 3.36. The largest absolute Gasteiger partial charge is 0.383 e. The van der Waals surface area contributed by atoms with E-state index in [-0.39, 0.29) is 0 Å². The van der Waals surface area contributed by atoms with Gasteiger partial charge < -0.3 is 15.0 Å². The van der Waals surface area contributed by atoms with Crippen LogP contribution in [0.1, 0.15) is 30.4 Å². The maximum absolute atomic E-state index is 12.1. The number of amides is 1. The number of nitrogens with one attached hydrogen (secondary N) is 1. The van der Waals surface area contributed by atoms with Gasteiger partial charge in [0.2, 0.25) is 5.91 Å². The molecule has 1 aromatic rings. The molecular weight excluding hydrogens is 264 g/mol. The predicted molar refractivity (Wildman–Crippen MR) is 84.1 cm³/mol. The van der Waals surface area contributed by atoms with E-state index in [1.807, 2.05) is 12.1 Å². The van der Waals surface area contributed by atoms with Gasteiger partial charge in [-0.15, -0.1) is 0 Å². The number of rotatable bonds is 8. The molecule has 1 atom stereocenters. The average molecular weight is 290 g/mol. The molecule has 4 nitrogen and oxygen atoms in total. The van der Waals surface area contributed by atoms with Gasteiger partial charge in [-0.25, -0.2) is 0 Å². The summed E-state index contributed by atoms with van der Waals surface area (Å²) < 4.78 is 5.02. The van der Waals surface area contributed by atoms with Crippen LogP contribution < -0.4 is 5.32 Å². The first-order valence-electron chi connectivity index (χ1n) is 7.76. The Morgan fingerprint density at radius 2 is 2.14 bits per heavy atom. The molecule has 0 spiro atoms. The zero-order valence-electron chi connectivity index (χ0n) is 13.1. The molecule has 1 N–H and O–H groups in total. The summed E-state index contributed by atoms with van der Waals surface area (Å²) in [4.78, 5) is 14.2. The molecule has 1 aliphatic rings. The molecule has 1 aromatic carbocycles. The van der Waals surface area contributed by atoms with E-state index in [1.54, 1.807) is 7.11 Å². The standard InChI is InChI=1S/C17H26N2O2/c1-14-5-3-4-6-15(14)13-19-16(7-8-17(19)20)9-10-18-11-12-21-2/h3-6,16,18H,7-13H2,1-2H3/t16-/m1/s1. The number of hydrogen-bond acceptors (Lipinski definition) is 3. The second-order valence-corrected chi connectivity index (χ2v) is 5.67. The molecule has 1 amide bonds. The molecule has 0 unspecified atom stereocenters. The van der Waals surface area contributed by atoms with Gasteiger partial charge in [-0.05, 0) is 37.4 Å². The minimum absolute atomic E-state index is 0.292. The van der Waals surface area contributed by atoms with Crippen LogP contribution in [0.2, 0.25) is 0 Å². The van der Waals surface area contributed by atoms with Gasteiger partial charge >= 0.3 is 0 Å². The van der Waals surface area contributed by atoms with E-state index < -0.39 is 0 Å². The molecular formula is C17H26N2O2. The Bertz CT molecular complexity index is 462. The molecule has 1 heterocycles. The van der Waals surface area contributed by atoms with Crippen LogP contribution in [0.3, 0.4) is 0 Å². The third-order valence-corrected chi connectivity index (χ3v) is 4.19. The number of benzene rings is 1. The van der Waals surface area contributed by atoms with Gasteiger partial charge in [-0.3, -0.25) is 4.79 Å². The van der Waals surface area contributed by atoms with Crippen LogP contribution >= 0.6 is 0 Å². The summed E-state index contributed by atoms with van der Waals surface area (Å²) in [6, 6.07) is 8.69.